The summed E-state index contributed by atoms with van der Waals surface area (Å²) in [5.74, 6) is 2.87. The Morgan fingerprint density at radius 3 is 0.830 bits per heavy atom. The molecule has 8 rings (SSSR count). The minimum absolute atomic E-state index is 0.306. The van der Waals surface area contributed by atoms with Crippen molar-refractivity contribution in [3.05, 3.63) is 225 Å². The molecular formula is C49H42O4. The van der Waals surface area contributed by atoms with Gasteiger partial charge < -0.3 is 19.3 Å². The summed E-state index contributed by atoms with van der Waals surface area (Å²) in [7, 11) is 0. The minimum Gasteiger partial charge on any atom is -0.507 e. The molecule has 0 radical (unpaired) electrons. The van der Waals surface area contributed by atoms with E-state index in [4.69, 9.17) is 14.2 Å². The SMILES string of the molecule is Oc1c2cccc1Cc1cccc(c1OCc1ccccc1)Cc1cccc(c1OCc1ccccc1)Cc1cccc(c1OCc1ccccc1)C2. The predicted molar refractivity (Wildman–Crippen MR) is 211 cm³/mol. The molecule has 1 aliphatic rings. The molecule has 262 valence electrons. The molecule has 1 aliphatic carbocycles. The molecule has 7 aromatic rings. The van der Waals surface area contributed by atoms with Crippen LogP contribution in [0.15, 0.2) is 164 Å². The van der Waals surface area contributed by atoms with Crippen molar-refractivity contribution in [3.8, 4) is 23.0 Å². The zero-order valence-electron chi connectivity index (χ0n) is 29.7. The van der Waals surface area contributed by atoms with Crippen molar-refractivity contribution in [2.45, 2.75) is 45.5 Å². The molecule has 0 saturated heterocycles. The Kier molecular flexibility index (Phi) is 10.2. The predicted octanol–water partition coefficient (Wildman–Crippen LogP) is 10.8. The number of phenols is 1. The van der Waals surface area contributed by atoms with Gasteiger partial charge >= 0.3 is 0 Å². The van der Waals surface area contributed by atoms with Crippen molar-refractivity contribution >= 4 is 0 Å². The Hall–Kier alpha value is -6.26. The van der Waals surface area contributed by atoms with Crippen LogP contribution in [0.1, 0.15) is 61.2 Å². The first-order valence-electron chi connectivity index (χ1n) is 18.3. The van der Waals surface area contributed by atoms with Crippen LogP contribution in [0.25, 0.3) is 0 Å². The molecule has 0 unspecified atom stereocenters. The van der Waals surface area contributed by atoms with Crippen molar-refractivity contribution in [1.82, 2.24) is 0 Å². The number of ether oxygens (including phenoxy) is 3. The maximum Gasteiger partial charge on any atom is 0.126 e. The highest BCUT2D eigenvalue weighted by Gasteiger charge is 2.21. The fourth-order valence-corrected chi connectivity index (χ4v) is 7.25. The first kappa shape index (κ1) is 33.9. The highest BCUT2D eigenvalue weighted by molar-refractivity contribution is 5.55. The standard InChI is InChI=1S/C49H42O4/c50-46-38-20-10-21-39(46)29-41-23-12-25-43(48(41)52-33-36-16-6-2-7-17-36)31-45-27-13-26-44(49(45)53-34-37-18-8-3-9-19-37)30-42-24-11-22-40(28-38)47(42)51-32-35-14-4-1-5-15-35/h1-27,50H,28-34H2. The fourth-order valence-electron chi connectivity index (χ4n) is 7.25. The van der Waals surface area contributed by atoms with Gasteiger partial charge in [0.15, 0.2) is 0 Å². The van der Waals surface area contributed by atoms with Crippen LogP contribution in [-0.2, 0) is 45.5 Å². The maximum atomic E-state index is 11.8. The molecule has 1 N–H and O–H groups in total. The molecular weight excluding hydrogens is 653 g/mol. The highest BCUT2D eigenvalue weighted by atomic mass is 16.5. The molecule has 7 aromatic carbocycles. The second kappa shape index (κ2) is 16.0. The van der Waals surface area contributed by atoms with E-state index in [1.165, 1.54) is 0 Å². The van der Waals surface area contributed by atoms with E-state index >= 15 is 0 Å². The molecule has 53 heavy (non-hydrogen) atoms. The molecule has 0 spiro atoms. The normalized spacial score (nSPS) is 12.2. The van der Waals surface area contributed by atoms with Gasteiger partial charge in [0, 0.05) is 25.7 Å². The van der Waals surface area contributed by atoms with Gasteiger partial charge in [0.2, 0.25) is 0 Å². The Morgan fingerprint density at radius 1 is 0.302 bits per heavy atom. The zero-order chi connectivity index (χ0) is 35.8. The third kappa shape index (κ3) is 7.98. The van der Waals surface area contributed by atoms with E-state index in [0.717, 1.165) is 78.4 Å². The number of para-hydroxylation sites is 4. The average Bonchev–Trinajstić information content (AvgIpc) is 3.19. The minimum atomic E-state index is 0.306. The van der Waals surface area contributed by atoms with Crippen molar-refractivity contribution in [2.24, 2.45) is 0 Å². The molecule has 0 amide bonds. The summed E-state index contributed by atoms with van der Waals surface area (Å²) in [6.45, 7) is 1.33. The Morgan fingerprint density at radius 2 is 0.547 bits per heavy atom. The molecule has 4 nitrogen and oxygen atoms in total. The second-order valence-electron chi connectivity index (χ2n) is 13.7. The number of fused-ring (bicyclic) bond motifs is 8. The van der Waals surface area contributed by atoms with Crippen molar-refractivity contribution in [1.29, 1.82) is 0 Å². The van der Waals surface area contributed by atoms with E-state index in [1.807, 2.05) is 72.8 Å². The smallest absolute Gasteiger partial charge is 0.126 e. The van der Waals surface area contributed by atoms with Crippen LogP contribution < -0.4 is 14.2 Å². The molecule has 0 aliphatic heterocycles. The first-order valence-corrected chi connectivity index (χ1v) is 18.3. The molecule has 0 heterocycles. The van der Waals surface area contributed by atoms with E-state index in [0.29, 0.717) is 51.3 Å². The third-order valence-corrected chi connectivity index (χ3v) is 9.94. The Balaban J connectivity index is 1.26. The van der Waals surface area contributed by atoms with Gasteiger partial charge in [0.1, 0.15) is 42.8 Å². The second-order valence-corrected chi connectivity index (χ2v) is 13.7. The van der Waals surface area contributed by atoms with Crippen molar-refractivity contribution in [2.75, 3.05) is 0 Å². The molecule has 0 atom stereocenters. The summed E-state index contributed by atoms with van der Waals surface area (Å²) in [5.41, 5.74) is 11.4. The highest BCUT2D eigenvalue weighted by Crippen LogP contribution is 2.39. The van der Waals surface area contributed by atoms with E-state index in [1.54, 1.807) is 0 Å². The third-order valence-electron chi connectivity index (χ3n) is 9.94. The van der Waals surface area contributed by atoms with Gasteiger partial charge in [-0.05, 0) is 61.2 Å². The number of rotatable bonds is 9. The van der Waals surface area contributed by atoms with Gasteiger partial charge in [-0.1, -0.05) is 164 Å². The number of aromatic hydroxyl groups is 1. The lowest BCUT2D eigenvalue weighted by Crippen LogP contribution is -2.08. The lowest BCUT2D eigenvalue weighted by atomic mass is 9.91. The fraction of sp³-hybridized carbons (Fsp3) is 0.143. The largest absolute Gasteiger partial charge is 0.507 e. The summed E-state index contributed by atoms with van der Waals surface area (Å²) in [5, 5.41) is 11.8. The number of phenolic OH excluding ortho intramolecular Hbond substituents is 1. The topological polar surface area (TPSA) is 47.9 Å². The summed E-state index contributed by atoms with van der Waals surface area (Å²) in [4.78, 5) is 0. The maximum absolute atomic E-state index is 11.8. The first-order chi connectivity index (χ1) is 26.2. The van der Waals surface area contributed by atoms with Crippen LogP contribution in [0.2, 0.25) is 0 Å². The van der Waals surface area contributed by atoms with Crippen LogP contribution in [-0.4, -0.2) is 5.11 Å². The van der Waals surface area contributed by atoms with Crippen LogP contribution >= 0.6 is 0 Å². The van der Waals surface area contributed by atoms with Crippen LogP contribution in [0, 0.1) is 0 Å². The van der Waals surface area contributed by atoms with Crippen molar-refractivity contribution in [3.63, 3.8) is 0 Å². The Labute approximate surface area is 311 Å². The van der Waals surface area contributed by atoms with Gasteiger partial charge in [0.25, 0.3) is 0 Å². The lowest BCUT2D eigenvalue weighted by molar-refractivity contribution is 0.295. The summed E-state index contributed by atoms with van der Waals surface area (Å²) < 4.78 is 20.3. The molecule has 0 aromatic heterocycles. The van der Waals surface area contributed by atoms with Gasteiger partial charge in [-0.25, -0.2) is 0 Å². The Bertz CT molecular complexity index is 2160. The number of benzene rings is 7. The van der Waals surface area contributed by atoms with Crippen molar-refractivity contribution < 1.29 is 19.3 Å². The van der Waals surface area contributed by atoms with E-state index in [-0.39, 0.29) is 0 Å². The number of hydrogen-bond acceptors (Lipinski definition) is 4. The number of hydrogen-bond donors (Lipinski definition) is 1. The quantitative estimate of drug-likeness (QED) is 0.163. The van der Waals surface area contributed by atoms with Gasteiger partial charge in [0.05, 0.1) is 0 Å². The lowest BCUT2D eigenvalue weighted by Gasteiger charge is -2.22. The van der Waals surface area contributed by atoms with Gasteiger partial charge in [-0.15, -0.1) is 0 Å². The van der Waals surface area contributed by atoms with E-state index < -0.39 is 0 Å². The van der Waals surface area contributed by atoms with Crippen LogP contribution in [0.4, 0.5) is 0 Å². The van der Waals surface area contributed by atoms with Gasteiger partial charge in [-0.3, -0.25) is 0 Å². The molecule has 4 heteroatoms. The zero-order valence-corrected chi connectivity index (χ0v) is 29.7. The van der Waals surface area contributed by atoms with E-state index in [9.17, 15) is 5.11 Å². The molecule has 0 fully saturated rings. The summed E-state index contributed by atoms with van der Waals surface area (Å²) in [6.07, 6.45) is 2.26. The molecule has 0 saturated carbocycles. The van der Waals surface area contributed by atoms with E-state index in [2.05, 4.69) is 91.0 Å². The monoisotopic (exact) mass is 694 g/mol. The van der Waals surface area contributed by atoms with Crippen LogP contribution in [0.3, 0.4) is 0 Å². The summed E-state index contributed by atoms with van der Waals surface area (Å²) >= 11 is 0. The average molecular weight is 695 g/mol. The van der Waals surface area contributed by atoms with Gasteiger partial charge in [-0.2, -0.15) is 0 Å². The summed E-state index contributed by atoms with van der Waals surface area (Å²) in [6, 6.07) is 56.1. The molecule has 8 bridgehead atoms. The van der Waals surface area contributed by atoms with Crippen LogP contribution in [0.5, 0.6) is 23.0 Å².